The number of hydrogen-bond acceptors (Lipinski definition) is 4. The second-order valence-electron chi connectivity index (χ2n) is 7.63. The van der Waals surface area contributed by atoms with Crippen molar-refractivity contribution in [3.8, 4) is 0 Å². The van der Waals surface area contributed by atoms with Crippen LogP contribution < -0.4 is 5.56 Å². The lowest BCUT2D eigenvalue weighted by molar-refractivity contribution is -0.146. The van der Waals surface area contributed by atoms with E-state index in [0.29, 0.717) is 31.5 Å². The Morgan fingerprint density at radius 2 is 2.00 bits per heavy atom. The molecule has 1 atom stereocenters. The molecule has 0 radical (unpaired) electrons. The topological polar surface area (TPSA) is 86.4 Å². The van der Waals surface area contributed by atoms with E-state index < -0.39 is 28.5 Å². The molecule has 2 aliphatic heterocycles. The number of piperidine rings is 1. The van der Waals surface area contributed by atoms with E-state index in [0.717, 1.165) is 18.6 Å². The van der Waals surface area contributed by atoms with Gasteiger partial charge >= 0.3 is 0 Å². The average molecular weight is 402 g/mol. The van der Waals surface area contributed by atoms with Crippen molar-refractivity contribution in [2.45, 2.75) is 25.8 Å². The lowest BCUT2D eigenvalue weighted by Crippen LogP contribution is -2.50. The zero-order valence-electron chi connectivity index (χ0n) is 15.7. The van der Waals surface area contributed by atoms with Crippen molar-refractivity contribution >= 4 is 11.8 Å². The predicted molar refractivity (Wildman–Crippen MR) is 98.8 cm³/mol. The van der Waals surface area contributed by atoms with Gasteiger partial charge in [0.1, 0.15) is 5.56 Å². The summed E-state index contributed by atoms with van der Waals surface area (Å²) < 4.78 is 26.7. The molecule has 1 aromatic carbocycles. The summed E-state index contributed by atoms with van der Waals surface area (Å²) >= 11 is 0. The Hall–Kier alpha value is -3.10. The van der Waals surface area contributed by atoms with Crippen molar-refractivity contribution in [1.29, 1.82) is 0 Å². The molecule has 3 heterocycles. The first-order valence-corrected chi connectivity index (χ1v) is 9.45. The van der Waals surface area contributed by atoms with E-state index in [2.05, 4.69) is 9.97 Å². The first-order valence-electron chi connectivity index (χ1n) is 9.45. The minimum atomic E-state index is -0.944. The molecule has 152 valence electrons. The molecule has 2 aromatic rings. The zero-order valence-corrected chi connectivity index (χ0v) is 15.7. The van der Waals surface area contributed by atoms with Gasteiger partial charge in [0.2, 0.25) is 5.91 Å². The summed E-state index contributed by atoms with van der Waals surface area (Å²) in [5, 5.41) is 0. The Kier molecular flexibility index (Phi) is 4.89. The summed E-state index contributed by atoms with van der Waals surface area (Å²) in [4.78, 5) is 47.1. The van der Waals surface area contributed by atoms with E-state index in [9.17, 15) is 23.2 Å². The maximum Gasteiger partial charge on any atom is 0.263 e. The van der Waals surface area contributed by atoms with E-state index in [1.54, 1.807) is 4.90 Å². The second-order valence-corrected chi connectivity index (χ2v) is 7.63. The number of nitrogens with zero attached hydrogens (tertiary/aromatic N) is 3. The molecule has 0 saturated carbocycles. The van der Waals surface area contributed by atoms with Crippen LogP contribution in [0.1, 0.15) is 35.2 Å². The van der Waals surface area contributed by atoms with Gasteiger partial charge in [-0.05, 0) is 37.0 Å². The van der Waals surface area contributed by atoms with Crippen molar-refractivity contribution < 1.29 is 18.4 Å². The van der Waals surface area contributed by atoms with Gasteiger partial charge in [0.25, 0.3) is 11.5 Å². The van der Waals surface area contributed by atoms with E-state index in [-0.39, 0.29) is 24.6 Å². The van der Waals surface area contributed by atoms with Crippen LogP contribution in [-0.2, 0) is 11.3 Å². The molecular formula is C20H20F2N4O3. The summed E-state index contributed by atoms with van der Waals surface area (Å²) in [6.07, 6.45) is 4.35. The van der Waals surface area contributed by atoms with Crippen molar-refractivity contribution in [3.63, 3.8) is 0 Å². The average Bonchev–Trinajstić information content (AvgIpc) is 3.13. The van der Waals surface area contributed by atoms with Crippen LogP contribution >= 0.6 is 0 Å². The highest BCUT2D eigenvalue weighted by Crippen LogP contribution is 2.40. The van der Waals surface area contributed by atoms with Gasteiger partial charge in [-0.15, -0.1) is 0 Å². The smallest absolute Gasteiger partial charge is 0.263 e. The van der Waals surface area contributed by atoms with Crippen LogP contribution in [-0.4, -0.2) is 51.2 Å². The van der Waals surface area contributed by atoms with Crippen molar-refractivity contribution in [2.75, 3.05) is 19.6 Å². The normalized spacial score (nSPS) is 21.8. The fourth-order valence-corrected chi connectivity index (χ4v) is 4.25. The Balaban J connectivity index is 1.50. The van der Waals surface area contributed by atoms with Crippen LogP contribution in [0, 0.1) is 17.0 Å². The molecule has 1 spiro atoms. The molecule has 29 heavy (non-hydrogen) atoms. The van der Waals surface area contributed by atoms with E-state index in [4.69, 9.17) is 0 Å². The highest BCUT2D eigenvalue weighted by atomic mass is 19.2. The molecule has 1 unspecified atom stereocenters. The van der Waals surface area contributed by atoms with E-state index >= 15 is 0 Å². The van der Waals surface area contributed by atoms with Crippen molar-refractivity contribution in [1.82, 2.24) is 19.8 Å². The van der Waals surface area contributed by atoms with Crippen LogP contribution in [0.3, 0.4) is 0 Å². The highest BCUT2D eigenvalue weighted by molar-refractivity contribution is 5.95. The quantitative estimate of drug-likeness (QED) is 0.847. The molecule has 4 rings (SSSR count). The standard InChI is InChI=1S/C20H20F2N4O3/c21-15-3-2-13(8-16(15)22)10-25-6-1-4-20(19(25)29)5-7-26(11-20)18(28)14-9-23-12-24-17(14)27/h2-3,8-9,12H,1,4-7,10-11H2,(H,23,24,27). The SMILES string of the molecule is O=C(c1cnc[nH]c1=O)N1CCC2(CCCN(Cc3ccc(F)c(F)c3)C2=O)C1. The number of carbonyl (C=O) groups excluding carboxylic acids is 2. The molecule has 2 saturated heterocycles. The second kappa shape index (κ2) is 7.38. The molecule has 1 N–H and O–H groups in total. The maximum atomic E-state index is 13.5. The number of aromatic amines is 1. The molecule has 7 nitrogen and oxygen atoms in total. The number of hydrogen-bond donors (Lipinski definition) is 1. The van der Waals surface area contributed by atoms with Crippen molar-refractivity contribution in [2.24, 2.45) is 5.41 Å². The van der Waals surface area contributed by atoms with Crippen LogP contribution in [0.25, 0.3) is 0 Å². The van der Waals surface area contributed by atoms with E-state index in [1.807, 2.05) is 0 Å². The van der Waals surface area contributed by atoms with Crippen LogP contribution in [0.15, 0.2) is 35.5 Å². The van der Waals surface area contributed by atoms with Gasteiger partial charge in [-0.3, -0.25) is 14.4 Å². The fraction of sp³-hybridized carbons (Fsp3) is 0.400. The first kappa shape index (κ1) is 19.2. The number of amides is 2. The number of rotatable bonds is 3. The summed E-state index contributed by atoms with van der Waals surface area (Å²) in [6.45, 7) is 1.31. The first-order chi connectivity index (χ1) is 13.9. The van der Waals surface area contributed by atoms with E-state index in [1.165, 1.54) is 23.5 Å². The molecule has 0 bridgehead atoms. The lowest BCUT2D eigenvalue weighted by atomic mass is 9.78. The molecule has 9 heteroatoms. The minimum Gasteiger partial charge on any atom is -0.338 e. The zero-order chi connectivity index (χ0) is 20.6. The van der Waals surface area contributed by atoms with Gasteiger partial charge in [-0.2, -0.15) is 0 Å². The minimum absolute atomic E-state index is 0.0496. The molecule has 1 aromatic heterocycles. The molecule has 0 aliphatic carbocycles. The largest absolute Gasteiger partial charge is 0.338 e. The van der Waals surface area contributed by atoms with Gasteiger partial charge in [-0.1, -0.05) is 6.07 Å². The van der Waals surface area contributed by atoms with Gasteiger partial charge < -0.3 is 14.8 Å². The number of nitrogens with one attached hydrogen (secondary N) is 1. The fourth-order valence-electron chi connectivity index (χ4n) is 4.25. The third-order valence-corrected chi connectivity index (χ3v) is 5.77. The summed E-state index contributed by atoms with van der Waals surface area (Å²) in [7, 11) is 0. The number of aromatic nitrogens is 2. The number of benzene rings is 1. The lowest BCUT2D eigenvalue weighted by Gasteiger charge is -2.39. The number of halogens is 2. The monoisotopic (exact) mass is 402 g/mol. The molecule has 2 fully saturated rings. The van der Waals surface area contributed by atoms with Gasteiger partial charge in [-0.25, -0.2) is 13.8 Å². The summed E-state index contributed by atoms with van der Waals surface area (Å²) in [5.41, 5.74) is -0.754. The van der Waals surface area contributed by atoms with Crippen LogP contribution in [0.4, 0.5) is 8.78 Å². The third kappa shape index (κ3) is 3.52. The summed E-state index contributed by atoms with van der Waals surface area (Å²) in [5.74, 6) is -2.41. The van der Waals surface area contributed by atoms with Gasteiger partial charge in [0.05, 0.1) is 11.7 Å². The van der Waals surface area contributed by atoms with Gasteiger partial charge in [0.15, 0.2) is 11.6 Å². The Bertz CT molecular complexity index is 1020. The van der Waals surface area contributed by atoms with Crippen LogP contribution in [0.5, 0.6) is 0 Å². The Morgan fingerprint density at radius 1 is 1.17 bits per heavy atom. The number of carbonyl (C=O) groups is 2. The van der Waals surface area contributed by atoms with Gasteiger partial charge in [0, 0.05) is 32.4 Å². The maximum absolute atomic E-state index is 13.5. The highest BCUT2D eigenvalue weighted by Gasteiger charge is 2.49. The molecule has 2 aliphatic rings. The predicted octanol–water partition coefficient (Wildman–Crippen LogP) is 1.70. The Morgan fingerprint density at radius 3 is 2.76 bits per heavy atom. The number of likely N-dealkylation sites (tertiary alicyclic amines) is 2. The van der Waals surface area contributed by atoms with Crippen LogP contribution in [0.2, 0.25) is 0 Å². The molecular weight excluding hydrogens is 382 g/mol. The molecule has 2 amide bonds. The number of H-pyrrole nitrogens is 1. The Labute approximate surface area is 165 Å². The third-order valence-electron chi connectivity index (χ3n) is 5.77. The van der Waals surface area contributed by atoms with Crippen molar-refractivity contribution in [3.05, 3.63) is 63.8 Å². The summed E-state index contributed by atoms with van der Waals surface area (Å²) in [6, 6.07) is 3.62.